The molecule has 11 nitrogen and oxygen atoms in total. The van der Waals surface area contributed by atoms with Gasteiger partial charge in [-0.05, 0) is 36.4 Å². The van der Waals surface area contributed by atoms with Crippen LogP contribution in [0.1, 0.15) is 34.8 Å². The normalized spacial score (nSPS) is 29.1. The van der Waals surface area contributed by atoms with Crippen molar-refractivity contribution in [3.63, 3.8) is 0 Å². The number of benzene rings is 2. The highest BCUT2D eigenvalue weighted by molar-refractivity contribution is 6.08. The number of aliphatic hydroxyl groups excluding tert-OH is 5. The van der Waals surface area contributed by atoms with Crippen LogP contribution < -0.4 is 9.47 Å². The highest BCUT2D eigenvalue weighted by atomic mass is 16.7. The lowest BCUT2D eigenvalue weighted by atomic mass is 9.85. The van der Waals surface area contributed by atoms with Crippen LogP contribution in [0.3, 0.4) is 0 Å². The molecule has 0 unspecified atom stereocenters. The minimum atomic E-state index is -1.70. The van der Waals surface area contributed by atoms with E-state index in [0.717, 1.165) is 6.92 Å². The molecule has 0 amide bonds. The van der Waals surface area contributed by atoms with Crippen molar-refractivity contribution in [2.24, 2.45) is 0 Å². The van der Waals surface area contributed by atoms with Gasteiger partial charge in [0, 0.05) is 24.3 Å². The van der Waals surface area contributed by atoms with E-state index in [9.17, 15) is 40.2 Å². The molecule has 6 atom stereocenters. The summed E-state index contributed by atoms with van der Waals surface area (Å²) in [5.41, 5.74) is 0.788. The number of aromatic hydroxyl groups is 1. The third-order valence-electron chi connectivity index (χ3n) is 6.13. The van der Waals surface area contributed by atoms with Gasteiger partial charge in [0.1, 0.15) is 30.2 Å². The number of aliphatic hydroxyl groups is 5. The summed E-state index contributed by atoms with van der Waals surface area (Å²) >= 11 is 0. The van der Waals surface area contributed by atoms with Gasteiger partial charge < -0.3 is 44.8 Å². The topological polar surface area (TPSA) is 183 Å². The third kappa shape index (κ3) is 4.11. The van der Waals surface area contributed by atoms with Crippen molar-refractivity contribution in [3.05, 3.63) is 28.8 Å². The summed E-state index contributed by atoms with van der Waals surface area (Å²) in [5, 5.41) is 61.4. The fourth-order valence-electron chi connectivity index (χ4n) is 4.52. The van der Waals surface area contributed by atoms with Crippen molar-refractivity contribution in [1.29, 1.82) is 0 Å². The number of fused-ring (bicyclic) bond motifs is 2. The Morgan fingerprint density at radius 1 is 1.12 bits per heavy atom. The first-order valence-electron chi connectivity index (χ1n) is 10.7. The molecule has 184 valence electrons. The van der Waals surface area contributed by atoms with Gasteiger partial charge in [0.25, 0.3) is 0 Å². The van der Waals surface area contributed by atoms with Crippen LogP contribution in [0.5, 0.6) is 17.2 Å². The standard InChI is InChI=1S/C23H26O11/c1-8-16-11(3-10-4-12(26)6-13(27)17(10)19(16)29)5-14(22(8)32-9(2)25)33-23-21(31)20(30)18(28)15(7-24)34-23/h3,5,12,15,18,20-21,23-24,26,28-31H,4,6-7H2,1-2H3/t12-,15+,18+,20-,21+,23+/m0/s1. The van der Waals surface area contributed by atoms with Gasteiger partial charge >= 0.3 is 5.97 Å². The number of phenols is 1. The SMILES string of the molecule is CC(=O)Oc1c(O[C@@H]2O[C@H](CO)[C@@H](O)[C@H](O)[C@H]2O)cc2cc3c(c(O)c2c1C)C(=O)C[C@@H](O)C3. The second-order valence-corrected chi connectivity index (χ2v) is 8.58. The van der Waals surface area contributed by atoms with Gasteiger partial charge in [-0.1, -0.05) is 0 Å². The Morgan fingerprint density at radius 3 is 2.47 bits per heavy atom. The number of hydrogen-bond donors (Lipinski definition) is 6. The number of phenolic OH excluding ortho intramolecular Hbond substituents is 1. The minimum absolute atomic E-state index is 0.0911. The average molecular weight is 478 g/mol. The number of rotatable bonds is 4. The van der Waals surface area contributed by atoms with E-state index in [4.69, 9.17) is 14.2 Å². The highest BCUT2D eigenvalue weighted by Gasteiger charge is 2.45. The first-order valence-corrected chi connectivity index (χ1v) is 10.7. The molecule has 34 heavy (non-hydrogen) atoms. The van der Waals surface area contributed by atoms with Crippen LogP contribution in [0.25, 0.3) is 10.8 Å². The molecular formula is C23H26O11. The average Bonchev–Trinajstić information content (AvgIpc) is 2.75. The maximum Gasteiger partial charge on any atom is 0.308 e. The molecule has 0 bridgehead atoms. The molecule has 0 aromatic heterocycles. The maximum absolute atomic E-state index is 12.5. The zero-order valence-electron chi connectivity index (χ0n) is 18.5. The Hall–Kier alpha value is -2.80. The summed E-state index contributed by atoms with van der Waals surface area (Å²) in [6.07, 6.45) is -8.59. The predicted octanol–water partition coefficient (Wildman–Crippen LogP) is -0.552. The van der Waals surface area contributed by atoms with E-state index in [-0.39, 0.29) is 46.6 Å². The molecule has 1 saturated heterocycles. The first kappa shape index (κ1) is 24.3. The van der Waals surface area contributed by atoms with Crippen molar-refractivity contribution in [2.75, 3.05) is 6.61 Å². The monoisotopic (exact) mass is 478 g/mol. The van der Waals surface area contributed by atoms with Crippen LogP contribution in [0.15, 0.2) is 12.1 Å². The summed E-state index contributed by atoms with van der Waals surface area (Å²) in [7, 11) is 0. The van der Waals surface area contributed by atoms with Crippen molar-refractivity contribution >= 4 is 22.5 Å². The van der Waals surface area contributed by atoms with Crippen LogP contribution in [0.4, 0.5) is 0 Å². The fourth-order valence-corrected chi connectivity index (χ4v) is 4.52. The van der Waals surface area contributed by atoms with Crippen molar-refractivity contribution in [1.82, 2.24) is 0 Å². The van der Waals surface area contributed by atoms with E-state index in [0.29, 0.717) is 10.9 Å². The van der Waals surface area contributed by atoms with Crippen LogP contribution in [0, 0.1) is 6.92 Å². The van der Waals surface area contributed by atoms with E-state index in [2.05, 4.69) is 0 Å². The Morgan fingerprint density at radius 2 is 1.82 bits per heavy atom. The van der Waals surface area contributed by atoms with Crippen LogP contribution in [-0.4, -0.2) is 85.8 Å². The molecule has 0 spiro atoms. The number of ether oxygens (including phenoxy) is 3. The Bertz CT molecular complexity index is 1140. The Balaban J connectivity index is 1.85. The number of hydrogen-bond acceptors (Lipinski definition) is 11. The van der Waals surface area contributed by atoms with E-state index in [1.807, 2.05) is 0 Å². The molecule has 1 heterocycles. The maximum atomic E-state index is 12.5. The van der Waals surface area contributed by atoms with Gasteiger partial charge in [0.2, 0.25) is 6.29 Å². The quantitative estimate of drug-likeness (QED) is 0.245. The van der Waals surface area contributed by atoms with E-state index in [1.54, 1.807) is 6.07 Å². The molecule has 0 saturated carbocycles. The molecule has 1 aliphatic heterocycles. The Labute approximate surface area is 193 Å². The Kier molecular flexibility index (Phi) is 6.51. The smallest absolute Gasteiger partial charge is 0.308 e. The van der Waals surface area contributed by atoms with Gasteiger partial charge in [0.05, 0.1) is 18.3 Å². The summed E-state index contributed by atoms with van der Waals surface area (Å²) in [5.74, 6) is -1.64. The van der Waals surface area contributed by atoms with Crippen molar-refractivity contribution in [2.45, 2.75) is 63.5 Å². The molecule has 11 heteroatoms. The molecule has 1 fully saturated rings. The summed E-state index contributed by atoms with van der Waals surface area (Å²) in [4.78, 5) is 24.3. The molecule has 2 aromatic carbocycles. The lowest BCUT2D eigenvalue weighted by molar-refractivity contribution is -0.277. The second kappa shape index (κ2) is 9.10. The zero-order chi connectivity index (χ0) is 24.9. The highest BCUT2D eigenvalue weighted by Crippen LogP contribution is 2.45. The predicted molar refractivity (Wildman–Crippen MR) is 115 cm³/mol. The molecule has 1 aliphatic carbocycles. The molecular weight excluding hydrogens is 452 g/mol. The second-order valence-electron chi connectivity index (χ2n) is 8.58. The fraction of sp³-hybridized carbons (Fsp3) is 0.478. The summed E-state index contributed by atoms with van der Waals surface area (Å²) in [6, 6.07) is 3.00. The minimum Gasteiger partial charge on any atom is -0.507 e. The molecule has 2 aromatic rings. The first-order chi connectivity index (χ1) is 16.0. The number of Topliss-reactive ketones (excluding diaryl/α,β-unsaturated/α-hetero) is 1. The number of aryl methyl sites for hydroxylation is 1. The lowest BCUT2D eigenvalue weighted by Gasteiger charge is -2.39. The summed E-state index contributed by atoms with van der Waals surface area (Å²) in [6.45, 7) is 2.03. The van der Waals surface area contributed by atoms with Gasteiger partial charge in [-0.2, -0.15) is 0 Å². The van der Waals surface area contributed by atoms with E-state index < -0.39 is 55.2 Å². The van der Waals surface area contributed by atoms with Gasteiger partial charge in [-0.25, -0.2) is 0 Å². The number of ketones is 1. The van der Waals surface area contributed by atoms with Gasteiger partial charge in [0.15, 0.2) is 17.3 Å². The summed E-state index contributed by atoms with van der Waals surface area (Å²) < 4.78 is 16.4. The molecule has 2 aliphatic rings. The van der Waals surface area contributed by atoms with E-state index in [1.165, 1.54) is 13.0 Å². The molecule has 4 rings (SSSR count). The van der Waals surface area contributed by atoms with Gasteiger partial charge in [-0.15, -0.1) is 0 Å². The van der Waals surface area contributed by atoms with Crippen LogP contribution in [-0.2, 0) is 16.0 Å². The van der Waals surface area contributed by atoms with E-state index >= 15 is 0 Å². The van der Waals surface area contributed by atoms with Crippen molar-refractivity contribution in [3.8, 4) is 17.2 Å². The van der Waals surface area contributed by atoms with Crippen LogP contribution >= 0.6 is 0 Å². The lowest BCUT2D eigenvalue weighted by Crippen LogP contribution is -2.60. The van der Waals surface area contributed by atoms with Crippen molar-refractivity contribution < 1.29 is 54.4 Å². The van der Waals surface area contributed by atoms with Gasteiger partial charge in [-0.3, -0.25) is 9.59 Å². The number of esters is 1. The van der Waals surface area contributed by atoms with Crippen LogP contribution in [0.2, 0.25) is 0 Å². The zero-order valence-corrected chi connectivity index (χ0v) is 18.5. The molecule has 0 radical (unpaired) electrons. The largest absolute Gasteiger partial charge is 0.507 e. The number of carbonyl (C=O) groups excluding carboxylic acids is 2. The molecule has 6 N–H and O–H groups in total. The number of carbonyl (C=O) groups is 2. The third-order valence-corrected chi connectivity index (χ3v) is 6.13.